The highest BCUT2D eigenvalue weighted by Crippen LogP contribution is 2.47. The highest BCUT2D eigenvalue weighted by molar-refractivity contribution is 6.33. The topological polar surface area (TPSA) is 26.3 Å². The van der Waals surface area contributed by atoms with Crippen molar-refractivity contribution in [3.05, 3.63) is 139 Å². The summed E-state index contributed by atoms with van der Waals surface area (Å²) in [5.74, 6) is 0. The fourth-order valence-electron chi connectivity index (χ4n) is 7.67. The normalized spacial score (nSPS) is 13.8. The molecule has 0 atom stereocenters. The van der Waals surface area contributed by atoms with Crippen LogP contribution in [0.2, 0.25) is 0 Å². The summed E-state index contributed by atoms with van der Waals surface area (Å²) in [6.07, 6.45) is 8.89. The van der Waals surface area contributed by atoms with Gasteiger partial charge in [0, 0.05) is 21.5 Å². The Balaban J connectivity index is 1.34. The fourth-order valence-corrected chi connectivity index (χ4v) is 7.67. The molecule has 0 saturated heterocycles. The lowest BCUT2D eigenvalue weighted by molar-refractivity contribution is 0.633. The second kappa shape index (κ2) is 8.95. The van der Waals surface area contributed by atoms with Gasteiger partial charge in [-0.3, -0.25) is 0 Å². The predicted octanol–water partition coefficient (Wildman–Crippen LogP) is 12.3. The monoisotopic (exact) mass is 562 g/mol. The highest BCUT2D eigenvalue weighted by Gasteiger charge is 2.22. The second-order valence-electron chi connectivity index (χ2n) is 11.9. The molecule has 9 aromatic rings. The molecule has 0 N–H and O–H groups in total. The quantitative estimate of drug-likeness (QED) is 0.196. The van der Waals surface area contributed by atoms with Crippen molar-refractivity contribution in [2.45, 2.75) is 12.8 Å². The molecule has 0 bridgehead atoms. The first-order valence-electron chi connectivity index (χ1n) is 15.3. The largest absolute Gasteiger partial charge is 0.452 e. The average molecular weight is 563 g/mol. The van der Waals surface area contributed by atoms with Gasteiger partial charge < -0.3 is 8.83 Å². The Kier molecular flexibility index (Phi) is 4.86. The number of rotatable bonds is 2. The van der Waals surface area contributed by atoms with Crippen molar-refractivity contribution in [1.29, 1.82) is 0 Å². The third-order valence-electron chi connectivity index (χ3n) is 9.51. The maximum atomic E-state index is 6.66. The van der Waals surface area contributed by atoms with Gasteiger partial charge in [-0.15, -0.1) is 0 Å². The summed E-state index contributed by atoms with van der Waals surface area (Å²) >= 11 is 0. The van der Waals surface area contributed by atoms with Crippen molar-refractivity contribution in [2.24, 2.45) is 0 Å². The molecular weight excluding hydrogens is 536 g/mol. The zero-order chi connectivity index (χ0) is 28.8. The van der Waals surface area contributed by atoms with E-state index in [9.17, 15) is 0 Å². The Hall–Kier alpha value is -5.60. The van der Waals surface area contributed by atoms with Gasteiger partial charge in [-0.2, -0.15) is 0 Å². The Morgan fingerprint density at radius 1 is 0.455 bits per heavy atom. The number of fused-ring (bicyclic) bond motifs is 12. The maximum absolute atomic E-state index is 6.66. The summed E-state index contributed by atoms with van der Waals surface area (Å²) in [6, 6.07) is 41.4. The molecule has 0 radical (unpaired) electrons. The Morgan fingerprint density at radius 2 is 0.977 bits per heavy atom. The third kappa shape index (κ3) is 3.20. The molecule has 0 amide bonds. The van der Waals surface area contributed by atoms with Gasteiger partial charge in [0.25, 0.3) is 0 Å². The van der Waals surface area contributed by atoms with Crippen LogP contribution in [0.5, 0.6) is 0 Å². The van der Waals surface area contributed by atoms with Gasteiger partial charge >= 0.3 is 0 Å². The van der Waals surface area contributed by atoms with E-state index in [0.29, 0.717) is 0 Å². The number of benzene rings is 7. The smallest absolute Gasteiger partial charge is 0.179 e. The molecule has 10 rings (SSSR count). The van der Waals surface area contributed by atoms with Gasteiger partial charge in [0.15, 0.2) is 11.2 Å². The van der Waals surface area contributed by atoms with Gasteiger partial charge in [0.05, 0.1) is 0 Å². The maximum Gasteiger partial charge on any atom is 0.179 e. The minimum atomic E-state index is 0.810. The number of hydrogen-bond acceptors (Lipinski definition) is 2. The van der Waals surface area contributed by atoms with Crippen molar-refractivity contribution >= 4 is 81.8 Å². The summed E-state index contributed by atoms with van der Waals surface area (Å²) in [4.78, 5) is 0. The van der Waals surface area contributed by atoms with Crippen LogP contribution in [0, 0.1) is 0 Å². The molecule has 2 heterocycles. The molecule has 0 saturated carbocycles. The molecule has 7 aromatic carbocycles. The van der Waals surface area contributed by atoms with Crippen molar-refractivity contribution in [2.75, 3.05) is 0 Å². The zero-order valence-electron chi connectivity index (χ0n) is 23.9. The molecule has 44 heavy (non-hydrogen) atoms. The van der Waals surface area contributed by atoms with Crippen LogP contribution < -0.4 is 0 Å². The zero-order valence-corrected chi connectivity index (χ0v) is 23.9. The first-order chi connectivity index (χ1) is 21.8. The van der Waals surface area contributed by atoms with Crippen molar-refractivity contribution in [3.63, 3.8) is 0 Å². The van der Waals surface area contributed by atoms with Crippen molar-refractivity contribution < 1.29 is 8.83 Å². The number of hydrogen-bond donors (Lipinski definition) is 0. The van der Waals surface area contributed by atoms with E-state index in [0.717, 1.165) is 56.7 Å². The third-order valence-corrected chi connectivity index (χ3v) is 9.51. The fraction of sp³-hybridized carbons (Fsp3) is 0.0476. The molecule has 0 unspecified atom stereocenters. The predicted molar refractivity (Wildman–Crippen MR) is 185 cm³/mol. The summed E-state index contributed by atoms with van der Waals surface area (Å²) in [7, 11) is 0. The molecule has 1 aliphatic rings. The van der Waals surface area contributed by atoms with Gasteiger partial charge in [-0.05, 0) is 85.6 Å². The summed E-state index contributed by atoms with van der Waals surface area (Å²) in [5, 5.41) is 11.9. The Morgan fingerprint density at radius 3 is 1.59 bits per heavy atom. The van der Waals surface area contributed by atoms with E-state index in [4.69, 9.17) is 8.83 Å². The summed E-state index contributed by atoms with van der Waals surface area (Å²) in [6.45, 7) is 0. The van der Waals surface area contributed by atoms with E-state index in [2.05, 4.69) is 121 Å². The Bertz CT molecular complexity index is 2650. The van der Waals surface area contributed by atoms with Gasteiger partial charge in [-0.25, -0.2) is 0 Å². The van der Waals surface area contributed by atoms with Crippen LogP contribution in [0.4, 0.5) is 0 Å². The van der Waals surface area contributed by atoms with Crippen LogP contribution in [0.25, 0.3) is 92.9 Å². The molecule has 206 valence electrons. The molecule has 1 aliphatic carbocycles. The minimum Gasteiger partial charge on any atom is -0.452 e. The van der Waals surface area contributed by atoms with Crippen LogP contribution >= 0.6 is 0 Å². The van der Waals surface area contributed by atoms with Gasteiger partial charge in [-0.1, -0.05) is 115 Å². The van der Waals surface area contributed by atoms with E-state index in [1.165, 1.54) is 54.6 Å². The van der Waals surface area contributed by atoms with Crippen LogP contribution in [0.3, 0.4) is 0 Å². The van der Waals surface area contributed by atoms with Crippen LogP contribution in [0.1, 0.15) is 18.4 Å². The molecular formula is C42H26O2. The van der Waals surface area contributed by atoms with E-state index in [-0.39, 0.29) is 0 Å². The number of para-hydroxylation sites is 1. The highest BCUT2D eigenvalue weighted by atomic mass is 16.4. The Labute approximate surface area is 253 Å². The number of allylic oxidation sites excluding steroid dienone is 4. The lowest BCUT2D eigenvalue weighted by Gasteiger charge is -2.20. The summed E-state index contributed by atoms with van der Waals surface area (Å²) in [5.41, 5.74) is 8.58. The minimum absolute atomic E-state index is 0.810. The molecule has 0 aliphatic heterocycles. The van der Waals surface area contributed by atoms with Crippen molar-refractivity contribution in [3.8, 4) is 11.1 Å². The average Bonchev–Trinajstić information content (AvgIpc) is 3.67. The standard InChI is InChI=1S/C42H26O2/c1-2-12-25(13-3-1)37-27-14-4-6-16-29(27)38(30-17-7-5-15-28(30)37)26-22-23-36-34(24-26)40-32-19-9-8-18-31(32)39-33-20-10-11-21-35(33)43-41(39)42(40)44-36/h1-2,4-12,14-24H,3,13H2. The lowest BCUT2D eigenvalue weighted by Crippen LogP contribution is -1.95. The SMILES string of the molecule is C1=CCCC(c2c3ccccc3c(-c3ccc4oc5c6oc7ccccc7c6c6ccccc6c5c4c3)c3ccccc23)=C1. The van der Waals surface area contributed by atoms with Gasteiger partial charge in [0.2, 0.25) is 0 Å². The molecule has 0 fully saturated rings. The van der Waals surface area contributed by atoms with Crippen LogP contribution in [-0.2, 0) is 0 Å². The second-order valence-corrected chi connectivity index (χ2v) is 11.9. The lowest BCUT2D eigenvalue weighted by atomic mass is 9.84. The van der Waals surface area contributed by atoms with Gasteiger partial charge in [0.1, 0.15) is 11.2 Å². The van der Waals surface area contributed by atoms with Crippen LogP contribution in [-0.4, -0.2) is 0 Å². The molecule has 2 aromatic heterocycles. The first kappa shape index (κ1) is 23.9. The van der Waals surface area contributed by atoms with Crippen molar-refractivity contribution in [1.82, 2.24) is 0 Å². The first-order valence-corrected chi connectivity index (χ1v) is 15.3. The number of furan rings is 2. The molecule has 0 spiro atoms. The van der Waals surface area contributed by atoms with E-state index in [1.807, 2.05) is 12.1 Å². The van der Waals surface area contributed by atoms with E-state index in [1.54, 1.807) is 0 Å². The molecule has 2 nitrogen and oxygen atoms in total. The van der Waals surface area contributed by atoms with E-state index < -0.39 is 0 Å². The van der Waals surface area contributed by atoms with Crippen LogP contribution in [0.15, 0.2) is 142 Å². The molecule has 2 heteroatoms. The summed E-state index contributed by atoms with van der Waals surface area (Å²) < 4.78 is 13.2. The van der Waals surface area contributed by atoms with E-state index >= 15 is 0 Å².